The largest absolute Gasteiger partial charge is 0.461 e. The average molecular weight is 229 g/mol. The number of esters is 1. The molecule has 5 nitrogen and oxygen atoms in total. The molecule has 0 spiro atoms. The van der Waals surface area contributed by atoms with Crippen molar-refractivity contribution in [2.24, 2.45) is 5.16 Å². The molecule has 1 N–H and O–H groups in total. The van der Waals surface area contributed by atoms with Crippen LogP contribution in [0.25, 0.3) is 0 Å². The Labute approximate surface area is 83.5 Å². The van der Waals surface area contributed by atoms with Crippen LogP contribution in [0.15, 0.2) is 5.16 Å². The van der Waals surface area contributed by atoms with E-state index >= 15 is 0 Å². The molecule has 0 saturated heterocycles. The van der Waals surface area contributed by atoms with E-state index in [1.807, 2.05) is 0 Å². The maximum Gasteiger partial charge on any atom is 0.420 e. The van der Waals surface area contributed by atoms with Gasteiger partial charge in [0.25, 0.3) is 0 Å². The van der Waals surface area contributed by atoms with E-state index in [1.165, 1.54) is 6.92 Å². The van der Waals surface area contributed by atoms with Crippen molar-refractivity contribution in [2.75, 3.05) is 13.7 Å². The number of halogens is 3. The fourth-order valence-corrected chi connectivity index (χ4v) is 0.657. The van der Waals surface area contributed by atoms with Gasteiger partial charge in [-0.2, -0.15) is 13.2 Å². The molecule has 0 amide bonds. The summed E-state index contributed by atoms with van der Waals surface area (Å²) in [4.78, 5) is 14.9. The Hall–Kier alpha value is -1.31. The minimum absolute atomic E-state index is 0.133. The van der Waals surface area contributed by atoms with Gasteiger partial charge in [0.15, 0.2) is 0 Å². The molecule has 1 atom stereocenters. The van der Waals surface area contributed by atoms with Gasteiger partial charge < -0.3 is 14.7 Å². The lowest BCUT2D eigenvalue weighted by Gasteiger charge is -2.14. The molecule has 8 heteroatoms. The molecule has 0 aromatic heterocycles. The zero-order valence-corrected chi connectivity index (χ0v) is 8.04. The van der Waals surface area contributed by atoms with E-state index in [9.17, 15) is 18.0 Å². The van der Waals surface area contributed by atoms with Crippen molar-refractivity contribution in [3.63, 3.8) is 0 Å². The minimum Gasteiger partial charge on any atom is -0.461 e. The second-order valence-corrected chi connectivity index (χ2v) is 2.32. The number of carbonyl (C=O) groups excluding carboxylic acids is 1. The van der Waals surface area contributed by atoms with Gasteiger partial charge in [0.2, 0.25) is 11.8 Å². The van der Waals surface area contributed by atoms with Crippen LogP contribution in [0, 0.1) is 0 Å². The summed E-state index contributed by atoms with van der Waals surface area (Å²) in [6.07, 6.45) is -8.01. The zero-order chi connectivity index (χ0) is 12.1. The molecule has 15 heavy (non-hydrogen) atoms. The van der Waals surface area contributed by atoms with Crippen LogP contribution in [-0.4, -0.2) is 42.8 Å². The van der Waals surface area contributed by atoms with E-state index < -0.39 is 24.0 Å². The molecule has 0 radical (unpaired) electrons. The lowest BCUT2D eigenvalue weighted by molar-refractivity contribution is -0.184. The molecule has 0 fully saturated rings. The first-order valence-electron chi connectivity index (χ1n) is 3.87. The molecule has 0 bridgehead atoms. The zero-order valence-electron chi connectivity index (χ0n) is 8.04. The Balaban J connectivity index is 4.83. The fraction of sp³-hybridized carbons (Fsp3) is 0.714. The Kier molecular flexibility index (Phi) is 5.06. The minimum atomic E-state index is -5.00. The van der Waals surface area contributed by atoms with Gasteiger partial charge in [0, 0.05) is 0 Å². The van der Waals surface area contributed by atoms with Gasteiger partial charge in [-0.25, -0.2) is 4.79 Å². The van der Waals surface area contributed by atoms with E-state index in [2.05, 4.69) is 14.7 Å². The van der Waals surface area contributed by atoms with Crippen molar-refractivity contribution >= 4 is 11.7 Å². The molecule has 0 aliphatic rings. The van der Waals surface area contributed by atoms with E-state index in [0.29, 0.717) is 0 Å². The Morgan fingerprint density at radius 1 is 1.53 bits per heavy atom. The summed E-state index contributed by atoms with van der Waals surface area (Å²) >= 11 is 0. The molecule has 0 saturated carbocycles. The normalized spacial score (nSPS) is 14.7. The number of rotatable bonds is 4. The van der Waals surface area contributed by atoms with Crippen LogP contribution >= 0.6 is 0 Å². The summed E-state index contributed by atoms with van der Waals surface area (Å²) in [6.45, 7) is 1.27. The Morgan fingerprint density at radius 3 is 2.40 bits per heavy atom. The van der Waals surface area contributed by atoms with Crippen molar-refractivity contribution in [3.05, 3.63) is 0 Å². The van der Waals surface area contributed by atoms with E-state index in [4.69, 9.17) is 5.11 Å². The smallest absolute Gasteiger partial charge is 0.420 e. The Morgan fingerprint density at radius 2 is 2.07 bits per heavy atom. The van der Waals surface area contributed by atoms with Crippen LogP contribution in [0.4, 0.5) is 13.2 Å². The first-order chi connectivity index (χ1) is 6.84. The molecule has 0 aliphatic carbocycles. The van der Waals surface area contributed by atoms with Crippen molar-refractivity contribution < 1.29 is 32.6 Å². The second kappa shape index (κ2) is 5.54. The molecule has 0 aromatic rings. The van der Waals surface area contributed by atoms with Gasteiger partial charge in [-0.1, -0.05) is 5.16 Å². The highest BCUT2D eigenvalue weighted by Gasteiger charge is 2.45. The molecule has 88 valence electrons. The topological polar surface area (TPSA) is 68.1 Å². The monoisotopic (exact) mass is 229 g/mol. The number of aliphatic hydroxyl groups is 1. The van der Waals surface area contributed by atoms with Gasteiger partial charge in [-0.05, 0) is 6.92 Å². The van der Waals surface area contributed by atoms with Gasteiger partial charge in [0.1, 0.15) is 7.11 Å². The van der Waals surface area contributed by atoms with E-state index in [1.54, 1.807) is 0 Å². The summed E-state index contributed by atoms with van der Waals surface area (Å²) in [5.74, 6) is -1.37. The number of ether oxygens (including phenoxy) is 1. The number of oxime groups is 1. The van der Waals surface area contributed by atoms with Crippen LogP contribution in [0.1, 0.15) is 6.92 Å². The summed E-state index contributed by atoms with van der Waals surface area (Å²) < 4.78 is 40.4. The van der Waals surface area contributed by atoms with Crippen molar-refractivity contribution in [1.29, 1.82) is 0 Å². The van der Waals surface area contributed by atoms with Crippen molar-refractivity contribution in [2.45, 2.75) is 19.2 Å². The molecular formula is C7H10F3NO4. The van der Waals surface area contributed by atoms with Crippen LogP contribution in [0.3, 0.4) is 0 Å². The van der Waals surface area contributed by atoms with E-state index in [-0.39, 0.29) is 6.61 Å². The van der Waals surface area contributed by atoms with Crippen LogP contribution in [-0.2, 0) is 14.4 Å². The molecule has 0 rings (SSSR count). The van der Waals surface area contributed by atoms with Gasteiger partial charge >= 0.3 is 12.1 Å². The van der Waals surface area contributed by atoms with Crippen LogP contribution < -0.4 is 0 Å². The van der Waals surface area contributed by atoms with Gasteiger partial charge in [-0.15, -0.1) is 0 Å². The first-order valence-corrected chi connectivity index (χ1v) is 3.87. The predicted octanol–water partition coefficient (Wildman–Crippen LogP) is 0.475. The Bertz CT molecular complexity index is 251. The van der Waals surface area contributed by atoms with Gasteiger partial charge in [-0.3, -0.25) is 0 Å². The maximum atomic E-state index is 12.0. The van der Waals surface area contributed by atoms with E-state index in [0.717, 1.165) is 7.11 Å². The number of hydrogen-bond donors (Lipinski definition) is 1. The second-order valence-electron chi connectivity index (χ2n) is 2.32. The summed E-state index contributed by atoms with van der Waals surface area (Å²) in [7, 11) is 0.947. The third kappa shape index (κ3) is 4.15. The van der Waals surface area contributed by atoms with Crippen molar-refractivity contribution in [3.8, 4) is 0 Å². The van der Waals surface area contributed by atoms with Crippen LogP contribution in [0.5, 0.6) is 0 Å². The number of hydrogen-bond acceptors (Lipinski definition) is 5. The highest BCUT2D eigenvalue weighted by molar-refractivity contribution is 6.38. The van der Waals surface area contributed by atoms with Gasteiger partial charge in [0.05, 0.1) is 6.61 Å². The molecule has 0 aliphatic heterocycles. The third-order valence-corrected chi connectivity index (χ3v) is 1.24. The molecule has 1 unspecified atom stereocenters. The summed E-state index contributed by atoms with van der Waals surface area (Å²) in [5.41, 5.74) is -1.23. The molecule has 0 heterocycles. The summed E-state index contributed by atoms with van der Waals surface area (Å²) in [6, 6.07) is 0. The number of alkyl halides is 3. The quantitative estimate of drug-likeness (QED) is 0.432. The lowest BCUT2D eigenvalue weighted by atomic mass is 10.2. The van der Waals surface area contributed by atoms with Crippen LogP contribution in [0.2, 0.25) is 0 Å². The summed E-state index contributed by atoms with van der Waals surface area (Å²) in [5, 5.41) is 11.5. The highest BCUT2D eigenvalue weighted by Crippen LogP contribution is 2.21. The number of nitrogens with zero attached hydrogens (tertiary/aromatic N) is 1. The number of carbonyl (C=O) groups is 1. The highest BCUT2D eigenvalue weighted by atomic mass is 19.4. The third-order valence-electron chi connectivity index (χ3n) is 1.24. The SMILES string of the molecule is CCOC(=O)/C(=N\OC)C(O)C(F)(F)F. The number of aliphatic hydroxyl groups excluding tert-OH is 1. The molecular weight excluding hydrogens is 219 g/mol. The predicted molar refractivity (Wildman–Crippen MR) is 43.1 cm³/mol. The average Bonchev–Trinajstić information content (AvgIpc) is 2.12. The first kappa shape index (κ1) is 13.7. The lowest BCUT2D eigenvalue weighted by Crippen LogP contribution is -2.41. The molecule has 0 aromatic carbocycles. The fourth-order valence-electron chi connectivity index (χ4n) is 0.657. The van der Waals surface area contributed by atoms with Crippen molar-refractivity contribution in [1.82, 2.24) is 0 Å². The maximum absolute atomic E-state index is 12.0. The standard InChI is InChI=1S/C7H10F3NO4/c1-3-15-6(13)4(11-14-2)5(12)7(8,9)10/h5,12H,3H2,1-2H3/b11-4-.